The van der Waals surface area contributed by atoms with Crippen LogP contribution in [0.25, 0.3) is 89.8 Å². The molecule has 1 heterocycles. The van der Waals surface area contributed by atoms with Crippen molar-refractivity contribution < 1.29 is 0 Å². The van der Waals surface area contributed by atoms with Crippen LogP contribution in [0.1, 0.15) is 0 Å². The number of aromatic nitrogens is 3. The molecular formula is C51H35N3. The molecule has 3 nitrogen and oxygen atoms in total. The molecule has 0 aliphatic rings. The van der Waals surface area contributed by atoms with Gasteiger partial charge in [0.25, 0.3) is 0 Å². The van der Waals surface area contributed by atoms with E-state index < -0.39 is 0 Å². The fourth-order valence-electron chi connectivity index (χ4n) is 7.14. The summed E-state index contributed by atoms with van der Waals surface area (Å²) in [4.78, 5) is 15.7. The molecule has 9 rings (SSSR count). The predicted molar refractivity (Wildman–Crippen MR) is 223 cm³/mol. The first-order chi connectivity index (χ1) is 26.8. The third-order valence-electron chi connectivity index (χ3n) is 9.78. The van der Waals surface area contributed by atoms with Crippen LogP contribution in [-0.2, 0) is 0 Å². The number of benzene rings is 8. The zero-order valence-corrected chi connectivity index (χ0v) is 29.5. The highest BCUT2D eigenvalue weighted by Crippen LogP contribution is 2.40. The number of nitrogens with zero attached hydrogens (tertiary/aromatic N) is 3. The molecule has 0 saturated heterocycles. The fourth-order valence-corrected chi connectivity index (χ4v) is 7.14. The van der Waals surface area contributed by atoms with Gasteiger partial charge >= 0.3 is 0 Å². The topological polar surface area (TPSA) is 38.7 Å². The summed E-state index contributed by atoms with van der Waals surface area (Å²) in [5.41, 5.74) is 14.2. The summed E-state index contributed by atoms with van der Waals surface area (Å²) in [6, 6.07) is 74.0. The zero-order valence-electron chi connectivity index (χ0n) is 29.5. The van der Waals surface area contributed by atoms with Crippen LogP contribution in [0.5, 0.6) is 0 Å². The molecule has 0 unspecified atom stereocenters. The Kier molecular flexibility index (Phi) is 8.94. The summed E-state index contributed by atoms with van der Waals surface area (Å²) < 4.78 is 0. The second-order valence-electron chi connectivity index (χ2n) is 13.2. The molecule has 1 aromatic heterocycles. The van der Waals surface area contributed by atoms with Gasteiger partial charge in [-0.15, -0.1) is 0 Å². The number of hydrogen-bond acceptors (Lipinski definition) is 3. The lowest BCUT2D eigenvalue weighted by atomic mass is 9.90. The van der Waals surface area contributed by atoms with Gasteiger partial charge in [-0.2, -0.15) is 0 Å². The molecule has 3 heteroatoms. The first kappa shape index (κ1) is 32.7. The molecule has 0 aliphatic carbocycles. The van der Waals surface area contributed by atoms with Crippen LogP contribution in [0.15, 0.2) is 212 Å². The molecule has 0 amide bonds. The Morgan fingerprint density at radius 1 is 0.204 bits per heavy atom. The van der Waals surface area contributed by atoms with Crippen molar-refractivity contribution in [3.05, 3.63) is 212 Å². The van der Waals surface area contributed by atoms with E-state index in [1.807, 2.05) is 6.07 Å². The summed E-state index contributed by atoms with van der Waals surface area (Å²) in [5, 5.41) is 0. The van der Waals surface area contributed by atoms with E-state index in [1.165, 1.54) is 16.7 Å². The smallest absolute Gasteiger partial charge is 0.164 e. The van der Waals surface area contributed by atoms with Crippen LogP contribution in [0.3, 0.4) is 0 Å². The van der Waals surface area contributed by atoms with Crippen LogP contribution in [0.4, 0.5) is 0 Å². The van der Waals surface area contributed by atoms with Crippen LogP contribution in [0, 0.1) is 0 Å². The van der Waals surface area contributed by atoms with E-state index in [4.69, 9.17) is 15.0 Å². The molecule has 0 bridgehead atoms. The van der Waals surface area contributed by atoms with Gasteiger partial charge in [-0.05, 0) is 56.1 Å². The van der Waals surface area contributed by atoms with Gasteiger partial charge in [-0.3, -0.25) is 0 Å². The average Bonchev–Trinajstić information content (AvgIpc) is 3.27. The highest BCUT2D eigenvalue weighted by atomic mass is 15.0. The van der Waals surface area contributed by atoms with E-state index >= 15 is 0 Å². The minimum Gasteiger partial charge on any atom is -0.208 e. The molecular weight excluding hydrogens is 655 g/mol. The highest BCUT2D eigenvalue weighted by molar-refractivity contribution is 5.93. The molecule has 0 fully saturated rings. The van der Waals surface area contributed by atoms with Crippen molar-refractivity contribution in [1.82, 2.24) is 15.0 Å². The third-order valence-corrected chi connectivity index (χ3v) is 9.78. The number of hydrogen-bond donors (Lipinski definition) is 0. The van der Waals surface area contributed by atoms with Crippen molar-refractivity contribution >= 4 is 0 Å². The minimum atomic E-state index is 0.618. The van der Waals surface area contributed by atoms with Crippen molar-refractivity contribution in [1.29, 1.82) is 0 Å². The Balaban J connectivity index is 1.22. The van der Waals surface area contributed by atoms with Gasteiger partial charge in [0, 0.05) is 22.3 Å². The zero-order chi connectivity index (χ0) is 36.1. The summed E-state index contributed by atoms with van der Waals surface area (Å²) in [5.74, 6) is 1.86. The van der Waals surface area contributed by atoms with Gasteiger partial charge in [0.15, 0.2) is 17.5 Å². The molecule has 254 valence electrons. The van der Waals surface area contributed by atoms with E-state index in [9.17, 15) is 0 Å². The molecule has 0 atom stereocenters. The second kappa shape index (κ2) is 14.8. The highest BCUT2D eigenvalue weighted by Gasteiger charge is 2.19. The van der Waals surface area contributed by atoms with Crippen molar-refractivity contribution in [2.45, 2.75) is 0 Å². The average molecular weight is 690 g/mol. The number of rotatable bonds is 8. The van der Waals surface area contributed by atoms with Gasteiger partial charge in [0.05, 0.1) is 0 Å². The van der Waals surface area contributed by atoms with E-state index in [0.717, 1.165) is 55.6 Å². The summed E-state index contributed by atoms with van der Waals surface area (Å²) in [7, 11) is 0. The summed E-state index contributed by atoms with van der Waals surface area (Å²) in [6.45, 7) is 0. The monoisotopic (exact) mass is 689 g/mol. The van der Waals surface area contributed by atoms with E-state index in [0.29, 0.717) is 17.5 Å². The maximum atomic E-state index is 5.25. The Morgan fingerprint density at radius 2 is 0.574 bits per heavy atom. The van der Waals surface area contributed by atoms with E-state index in [1.54, 1.807) is 0 Å². The quantitative estimate of drug-likeness (QED) is 0.159. The van der Waals surface area contributed by atoms with Crippen LogP contribution >= 0.6 is 0 Å². The first-order valence-electron chi connectivity index (χ1n) is 18.2. The molecule has 0 radical (unpaired) electrons. The summed E-state index contributed by atoms with van der Waals surface area (Å²) >= 11 is 0. The van der Waals surface area contributed by atoms with Gasteiger partial charge < -0.3 is 0 Å². The SMILES string of the molecule is c1ccc(-c2cccc(-c3nc(-c4ccc(-c5ccccc5-c5ccccc5)cc4)nc(-c4cccc(-c5ccccc5)c4-c4ccccc4)n3)c2)cc1. The standard InChI is InChI=1S/C51H35N3/c1-5-17-36(18-6-1)42-25-15-26-43(35-42)50-52-49(41-33-31-39(32-34-41)45-28-14-13-27-44(45)37-19-7-2-8-20-37)53-51(54-50)47-30-16-29-46(38-21-9-3-10-22-38)48(47)40-23-11-4-12-24-40/h1-35H. The molecule has 0 aliphatic heterocycles. The lowest BCUT2D eigenvalue weighted by molar-refractivity contribution is 1.07. The lowest BCUT2D eigenvalue weighted by Gasteiger charge is -2.16. The van der Waals surface area contributed by atoms with Gasteiger partial charge in [-0.25, -0.2) is 15.0 Å². The summed E-state index contributed by atoms with van der Waals surface area (Å²) in [6.07, 6.45) is 0. The van der Waals surface area contributed by atoms with Crippen molar-refractivity contribution in [2.24, 2.45) is 0 Å². The Morgan fingerprint density at radius 3 is 1.19 bits per heavy atom. The van der Waals surface area contributed by atoms with E-state index in [-0.39, 0.29) is 0 Å². The van der Waals surface area contributed by atoms with Gasteiger partial charge in [0.1, 0.15) is 0 Å². The Hall–Kier alpha value is -7.23. The fraction of sp³-hybridized carbons (Fsp3) is 0. The first-order valence-corrected chi connectivity index (χ1v) is 18.2. The normalized spacial score (nSPS) is 11.0. The molecule has 9 aromatic rings. The predicted octanol–water partition coefficient (Wildman–Crippen LogP) is 13.2. The van der Waals surface area contributed by atoms with Crippen molar-refractivity contribution in [3.8, 4) is 89.8 Å². The molecule has 0 spiro atoms. The molecule has 8 aromatic carbocycles. The van der Waals surface area contributed by atoms with E-state index in [2.05, 4.69) is 206 Å². The van der Waals surface area contributed by atoms with Crippen molar-refractivity contribution in [2.75, 3.05) is 0 Å². The third kappa shape index (κ3) is 6.63. The Bertz CT molecular complexity index is 2670. The maximum Gasteiger partial charge on any atom is 0.164 e. The molecule has 0 saturated carbocycles. The van der Waals surface area contributed by atoms with Crippen LogP contribution in [0.2, 0.25) is 0 Å². The maximum absolute atomic E-state index is 5.25. The second-order valence-corrected chi connectivity index (χ2v) is 13.2. The lowest BCUT2D eigenvalue weighted by Crippen LogP contribution is -2.02. The molecule has 0 N–H and O–H groups in total. The minimum absolute atomic E-state index is 0.618. The van der Waals surface area contributed by atoms with Crippen LogP contribution < -0.4 is 0 Å². The molecule has 54 heavy (non-hydrogen) atoms. The van der Waals surface area contributed by atoms with Crippen LogP contribution in [-0.4, -0.2) is 15.0 Å². The van der Waals surface area contributed by atoms with Gasteiger partial charge in [-0.1, -0.05) is 206 Å². The largest absolute Gasteiger partial charge is 0.208 e. The van der Waals surface area contributed by atoms with Gasteiger partial charge in [0.2, 0.25) is 0 Å². The Labute approximate surface area is 316 Å². The van der Waals surface area contributed by atoms with Crippen molar-refractivity contribution in [3.63, 3.8) is 0 Å².